The molecule has 0 aliphatic carbocycles. The molecule has 0 fully saturated rings. The molecule has 1 rings (SSSR count). The molecule has 1 aromatic carbocycles. The predicted octanol–water partition coefficient (Wildman–Crippen LogP) is 1.97. The van der Waals surface area contributed by atoms with Crippen molar-refractivity contribution in [2.75, 3.05) is 18.9 Å². The Bertz CT molecular complexity index is 418. The SMILES string of the molecule is CCCCNC(=O)Nc1cccc(C(=O)NC)c1. The summed E-state index contributed by atoms with van der Waals surface area (Å²) in [4.78, 5) is 22.9. The van der Waals surface area contributed by atoms with Gasteiger partial charge in [0.1, 0.15) is 0 Å². The molecule has 5 heteroatoms. The first-order chi connectivity index (χ1) is 8.67. The van der Waals surface area contributed by atoms with E-state index in [1.807, 2.05) is 0 Å². The van der Waals surface area contributed by atoms with Gasteiger partial charge in [0.25, 0.3) is 5.91 Å². The fraction of sp³-hybridized carbons (Fsp3) is 0.385. The van der Waals surface area contributed by atoms with Crippen molar-refractivity contribution < 1.29 is 9.59 Å². The van der Waals surface area contributed by atoms with E-state index in [2.05, 4.69) is 22.9 Å². The van der Waals surface area contributed by atoms with Crippen LogP contribution in [0, 0.1) is 0 Å². The molecule has 0 saturated heterocycles. The Hall–Kier alpha value is -2.04. The van der Waals surface area contributed by atoms with Crippen LogP contribution in [-0.2, 0) is 0 Å². The van der Waals surface area contributed by atoms with E-state index < -0.39 is 0 Å². The summed E-state index contributed by atoms with van der Waals surface area (Å²) in [5.41, 5.74) is 1.12. The lowest BCUT2D eigenvalue weighted by molar-refractivity contribution is 0.0963. The molecule has 0 radical (unpaired) electrons. The van der Waals surface area contributed by atoms with Gasteiger partial charge in [0, 0.05) is 24.8 Å². The van der Waals surface area contributed by atoms with Crippen molar-refractivity contribution >= 4 is 17.6 Å². The Morgan fingerprint density at radius 2 is 2.06 bits per heavy atom. The summed E-state index contributed by atoms with van der Waals surface area (Å²) in [6.07, 6.45) is 1.98. The predicted molar refractivity (Wildman–Crippen MR) is 71.8 cm³/mol. The number of rotatable bonds is 5. The lowest BCUT2D eigenvalue weighted by atomic mass is 10.2. The number of hydrogen-bond donors (Lipinski definition) is 3. The van der Waals surface area contributed by atoms with Crippen LogP contribution in [0.1, 0.15) is 30.1 Å². The van der Waals surface area contributed by atoms with Gasteiger partial charge >= 0.3 is 6.03 Å². The van der Waals surface area contributed by atoms with E-state index in [4.69, 9.17) is 0 Å². The molecule has 18 heavy (non-hydrogen) atoms. The van der Waals surface area contributed by atoms with E-state index in [1.54, 1.807) is 31.3 Å². The molecular formula is C13H19N3O2. The first-order valence-corrected chi connectivity index (χ1v) is 6.04. The summed E-state index contributed by atoms with van der Waals surface area (Å²) >= 11 is 0. The summed E-state index contributed by atoms with van der Waals surface area (Å²) in [6.45, 7) is 2.71. The number of unbranched alkanes of at least 4 members (excludes halogenated alkanes) is 1. The van der Waals surface area contributed by atoms with Crippen LogP contribution in [0.3, 0.4) is 0 Å². The minimum Gasteiger partial charge on any atom is -0.355 e. The summed E-state index contributed by atoms with van der Waals surface area (Å²) in [6, 6.07) is 6.55. The molecule has 0 heterocycles. The Morgan fingerprint density at radius 1 is 1.28 bits per heavy atom. The maximum atomic E-state index is 11.5. The second-order valence-electron chi connectivity index (χ2n) is 3.89. The largest absolute Gasteiger partial charge is 0.355 e. The van der Waals surface area contributed by atoms with Crippen molar-refractivity contribution in [2.45, 2.75) is 19.8 Å². The van der Waals surface area contributed by atoms with E-state index in [-0.39, 0.29) is 11.9 Å². The second-order valence-corrected chi connectivity index (χ2v) is 3.89. The van der Waals surface area contributed by atoms with Crippen LogP contribution in [0.2, 0.25) is 0 Å². The maximum Gasteiger partial charge on any atom is 0.319 e. The van der Waals surface area contributed by atoms with Crippen LogP contribution in [0.5, 0.6) is 0 Å². The van der Waals surface area contributed by atoms with E-state index in [9.17, 15) is 9.59 Å². The van der Waals surface area contributed by atoms with Gasteiger partial charge in [0.2, 0.25) is 0 Å². The first-order valence-electron chi connectivity index (χ1n) is 6.04. The second kappa shape index (κ2) is 7.32. The molecule has 0 unspecified atom stereocenters. The summed E-state index contributed by atoms with van der Waals surface area (Å²) < 4.78 is 0. The standard InChI is InChI=1S/C13H19N3O2/c1-3-4-8-15-13(18)16-11-7-5-6-10(9-11)12(17)14-2/h5-7,9H,3-4,8H2,1-2H3,(H,14,17)(H2,15,16,18). The minimum atomic E-state index is -0.252. The molecule has 0 aromatic heterocycles. The monoisotopic (exact) mass is 249 g/mol. The lowest BCUT2D eigenvalue weighted by Gasteiger charge is -2.08. The van der Waals surface area contributed by atoms with Gasteiger partial charge in [-0.15, -0.1) is 0 Å². The van der Waals surface area contributed by atoms with Gasteiger partial charge in [-0.25, -0.2) is 4.79 Å². The number of amides is 3. The van der Waals surface area contributed by atoms with Gasteiger partial charge in [0.05, 0.1) is 0 Å². The van der Waals surface area contributed by atoms with Crippen LogP contribution in [0.4, 0.5) is 10.5 Å². The average Bonchev–Trinajstić information content (AvgIpc) is 2.38. The zero-order chi connectivity index (χ0) is 13.4. The van der Waals surface area contributed by atoms with Crippen LogP contribution in [0.25, 0.3) is 0 Å². The van der Waals surface area contributed by atoms with Gasteiger partial charge in [0.15, 0.2) is 0 Å². The van der Waals surface area contributed by atoms with E-state index in [0.29, 0.717) is 17.8 Å². The normalized spacial score (nSPS) is 9.67. The molecule has 0 aliphatic heterocycles. The van der Waals surface area contributed by atoms with E-state index in [1.165, 1.54) is 0 Å². The molecule has 3 N–H and O–H groups in total. The van der Waals surface area contributed by atoms with Gasteiger partial charge < -0.3 is 16.0 Å². The highest BCUT2D eigenvalue weighted by Gasteiger charge is 2.05. The van der Waals surface area contributed by atoms with Gasteiger partial charge in [-0.3, -0.25) is 4.79 Å². The van der Waals surface area contributed by atoms with Gasteiger partial charge in [-0.1, -0.05) is 19.4 Å². The van der Waals surface area contributed by atoms with Crippen LogP contribution < -0.4 is 16.0 Å². The zero-order valence-electron chi connectivity index (χ0n) is 10.7. The van der Waals surface area contributed by atoms with Crippen molar-refractivity contribution in [3.8, 4) is 0 Å². The minimum absolute atomic E-state index is 0.176. The molecule has 0 spiro atoms. The number of anilines is 1. The lowest BCUT2D eigenvalue weighted by Crippen LogP contribution is -2.29. The first kappa shape index (κ1) is 14.0. The van der Waals surface area contributed by atoms with Crippen LogP contribution in [0.15, 0.2) is 24.3 Å². The topological polar surface area (TPSA) is 70.2 Å². The van der Waals surface area contributed by atoms with Gasteiger partial charge in [-0.2, -0.15) is 0 Å². The molecular weight excluding hydrogens is 230 g/mol. The Balaban J connectivity index is 2.56. The van der Waals surface area contributed by atoms with Gasteiger partial charge in [-0.05, 0) is 24.6 Å². The van der Waals surface area contributed by atoms with Crippen molar-refractivity contribution in [1.82, 2.24) is 10.6 Å². The quantitative estimate of drug-likeness (QED) is 0.698. The maximum absolute atomic E-state index is 11.5. The fourth-order valence-electron chi connectivity index (χ4n) is 1.44. The number of hydrogen-bond acceptors (Lipinski definition) is 2. The molecule has 0 bridgehead atoms. The Labute approximate surface area is 107 Å². The highest BCUT2D eigenvalue weighted by molar-refractivity contribution is 5.96. The average molecular weight is 249 g/mol. The number of urea groups is 1. The molecule has 3 amide bonds. The van der Waals surface area contributed by atoms with Crippen molar-refractivity contribution in [2.24, 2.45) is 0 Å². The number of carbonyl (C=O) groups excluding carboxylic acids is 2. The summed E-state index contributed by atoms with van der Waals surface area (Å²) in [5.74, 6) is -0.176. The van der Waals surface area contributed by atoms with Crippen LogP contribution in [-0.4, -0.2) is 25.5 Å². The number of carbonyl (C=O) groups is 2. The third kappa shape index (κ3) is 4.45. The van der Waals surface area contributed by atoms with Crippen molar-refractivity contribution in [3.05, 3.63) is 29.8 Å². The third-order valence-corrected chi connectivity index (χ3v) is 2.43. The molecule has 0 saturated carbocycles. The fourth-order valence-corrected chi connectivity index (χ4v) is 1.44. The number of benzene rings is 1. The highest BCUT2D eigenvalue weighted by Crippen LogP contribution is 2.10. The number of nitrogens with one attached hydrogen (secondary N) is 3. The van der Waals surface area contributed by atoms with Crippen molar-refractivity contribution in [3.63, 3.8) is 0 Å². The van der Waals surface area contributed by atoms with E-state index >= 15 is 0 Å². The summed E-state index contributed by atoms with van der Waals surface area (Å²) in [5, 5.41) is 7.97. The zero-order valence-corrected chi connectivity index (χ0v) is 10.7. The third-order valence-electron chi connectivity index (χ3n) is 2.43. The summed E-state index contributed by atoms with van der Waals surface area (Å²) in [7, 11) is 1.57. The molecule has 1 aromatic rings. The Morgan fingerprint density at radius 3 is 2.72 bits per heavy atom. The Kier molecular flexibility index (Phi) is 5.70. The van der Waals surface area contributed by atoms with Crippen LogP contribution >= 0.6 is 0 Å². The molecule has 5 nitrogen and oxygen atoms in total. The van der Waals surface area contributed by atoms with E-state index in [0.717, 1.165) is 12.8 Å². The molecule has 0 atom stereocenters. The molecule has 0 aliphatic rings. The molecule has 98 valence electrons. The highest BCUT2D eigenvalue weighted by atomic mass is 16.2. The smallest absolute Gasteiger partial charge is 0.319 e. The van der Waals surface area contributed by atoms with Crippen molar-refractivity contribution in [1.29, 1.82) is 0 Å².